The Morgan fingerprint density at radius 1 is 1.15 bits per heavy atom. The molecule has 134 valence electrons. The van der Waals surface area contributed by atoms with Crippen LogP contribution in [-0.4, -0.2) is 30.3 Å². The Morgan fingerprint density at radius 3 is 2.54 bits per heavy atom. The average Bonchev–Trinajstić information content (AvgIpc) is 2.66. The van der Waals surface area contributed by atoms with Gasteiger partial charge in [0.25, 0.3) is 0 Å². The molecule has 0 aliphatic rings. The molecule has 0 radical (unpaired) electrons. The zero-order valence-corrected chi connectivity index (χ0v) is 14.0. The molecule has 1 amide bonds. The topological polar surface area (TPSA) is 109 Å². The van der Waals surface area contributed by atoms with Crippen LogP contribution in [0.25, 0.3) is 22.3 Å². The van der Waals surface area contributed by atoms with Gasteiger partial charge in [-0.15, -0.1) is 0 Å². The van der Waals surface area contributed by atoms with E-state index in [0.717, 1.165) is 0 Å². The minimum atomic E-state index is -0.722. The SMILES string of the molecule is COc1ccc(-c2oc3c(CCNC=O)ccc(O)c3c(=O)c2O)cc1. The predicted octanol–water partition coefficient (Wildman–Crippen LogP) is 2.17. The molecule has 0 saturated heterocycles. The summed E-state index contributed by atoms with van der Waals surface area (Å²) in [4.78, 5) is 23.0. The minimum absolute atomic E-state index is 0.000324. The number of carbonyl (C=O) groups is 1. The summed E-state index contributed by atoms with van der Waals surface area (Å²) >= 11 is 0. The van der Waals surface area contributed by atoms with Crippen LogP contribution >= 0.6 is 0 Å². The lowest BCUT2D eigenvalue weighted by molar-refractivity contribution is -0.109. The Hall–Kier alpha value is -3.48. The molecule has 26 heavy (non-hydrogen) atoms. The first-order valence-electron chi connectivity index (χ1n) is 7.89. The summed E-state index contributed by atoms with van der Waals surface area (Å²) < 4.78 is 10.9. The van der Waals surface area contributed by atoms with Crippen LogP contribution in [0.15, 0.2) is 45.6 Å². The summed E-state index contributed by atoms with van der Waals surface area (Å²) in [5.41, 5.74) is 0.563. The normalized spacial score (nSPS) is 10.7. The van der Waals surface area contributed by atoms with Crippen molar-refractivity contribution in [3.05, 3.63) is 52.2 Å². The zero-order valence-electron chi connectivity index (χ0n) is 14.0. The van der Waals surface area contributed by atoms with E-state index in [4.69, 9.17) is 9.15 Å². The van der Waals surface area contributed by atoms with E-state index in [1.54, 1.807) is 30.3 Å². The summed E-state index contributed by atoms with van der Waals surface area (Å²) in [6.45, 7) is 0.339. The smallest absolute Gasteiger partial charge is 0.238 e. The van der Waals surface area contributed by atoms with Gasteiger partial charge in [-0.1, -0.05) is 6.07 Å². The van der Waals surface area contributed by atoms with Gasteiger partial charge in [-0.2, -0.15) is 0 Å². The highest BCUT2D eigenvalue weighted by atomic mass is 16.5. The van der Waals surface area contributed by atoms with Crippen LogP contribution in [0.1, 0.15) is 5.56 Å². The Balaban J connectivity index is 2.21. The summed E-state index contributed by atoms with van der Waals surface area (Å²) in [5, 5.41) is 22.8. The highest BCUT2D eigenvalue weighted by Gasteiger charge is 2.20. The third kappa shape index (κ3) is 3.06. The summed E-state index contributed by atoms with van der Waals surface area (Å²) in [7, 11) is 1.53. The van der Waals surface area contributed by atoms with Gasteiger partial charge < -0.3 is 24.7 Å². The molecule has 1 aromatic heterocycles. The number of amides is 1. The number of hydrogen-bond donors (Lipinski definition) is 3. The van der Waals surface area contributed by atoms with Crippen molar-refractivity contribution in [1.29, 1.82) is 0 Å². The number of phenols is 1. The number of fused-ring (bicyclic) bond motifs is 1. The molecule has 0 saturated carbocycles. The van der Waals surface area contributed by atoms with Crippen molar-refractivity contribution in [2.45, 2.75) is 6.42 Å². The van der Waals surface area contributed by atoms with E-state index in [2.05, 4.69) is 5.32 Å². The van der Waals surface area contributed by atoms with Crippen molar-refractivity contribution in [3.8, 4) is 28.6 Å². The van der Waals surface area contributed by atoms with E-state index in [1.165, 1.54) is 13.2 Å². The molecular formula is C19H17NO6. The highest BCUT2D eigenvalue weighted by Crippen LogP contribution is 2.35. The number of ether oxygens (including phenoxy) is 1. The number of carbonyl (C=O) groups excluding carboxylic acids is 1. The van der Waals surface area contributed by atoms with E-state index in [9.17, 15) is 19.8 Å². The van der Waals surface area contributed by atoms with Gasteiger partial charge in [0, 0.05) is 12.1 Å². The molecule has 3 aromatic rings. The third-order valence-electron chi connectivity index (χ3n) is 4.05. The molecule has 0 bridgehead atoms. The molecule has 0 spiro atoms. The Bertz CT molecular complexity index is 1010. The second kappa shape index (κ2) is 7.18. The number of nitrogens with one attached hydrogen (secondary N) is 1. The van der Waals surface area contributed by atoms with Crippen molar-refractivity contribution in [2.24, 2.45) is 0 Å². The predicted molar refractivity (Wildman–Crippen MR) is 95.6 cm³/mol. The Kier molecular flexibility index (Phi) is 4.79. The lowest BCUT2D eigenvalue weighted by atomic mass is 10.0. The maximum atomic E-state index is 12.6. The molecule has 0 atom stereocenters. The highest BCUT2D eigenvalue weighted by molar-refractivity contribution is 5.89. The number of phenolic OH excluding ortho intramolecular Hbond substituents is 1. The van der Waals surface area contributed by atoms with Crippen LogP contribution in [0.4, 0.5) is 0 Å². The molecule has 0 fully saturated rings. The fourth-order valence-corrected chi connectivity index (χ4v) is 2.72. The zero-order chi connectivity index (χ0) is 18.7. The molecule has 0 aliphatic carbocycles. The fraction of sp³-hybridized carbons (Fsp3) is 0.158. The van der Waals surface area contributed by atoms with Gasteiger partial charge in [-0.25, -0.2) is 0 Å². The van der Waals surface area contributed by atoms with Gasteiger partial charge in [0.2, 0.25) is 17.6 Å². The van der Waals surface area contributed by atoms with E-state index < -0.39 is 11.2 Å². The number of methoxy groups -OCH3 is 1. The van der Waals surface area contributed by atoms with Crippen LogP contribution in [0.5, 0.6) is 17.2 Å². The van der Waals surface area contributed by atoms with Crippen molar-refractivity contribution in [2.75, 3.05) is 13.7 Å². The van der Waals surface area contributed by atoms with Crippen LogP contribution in [-0.2, 0) is 11.2 Å². The van der Waals surface area contributed by atoms with Gasteiger partial charge in [0.1, 0.15) is 22.5 Å². The maximum absolute atomic E-state index is 12.6. The molecule has 1 heterocycles. The van der Waals surface area contributed by atoms with E-state index in [0.29, 0.717) is 36.3 Å². The monoisotopic (exact) mass is 355 g/mol. The lowest BCUT2D eigenvalue weighted by Crippen LogP contribution is -2.15. The van der Waals surface area contributed by atoms with Gasteiger partial charge in [0.15, 0.2) is 5.76 Å². The summed E-state index contributed by atoms with van der Waals surface area (Å²) in [6, 6.07) is 9.63. The van der Waals surface area contributed by atoms with Gasteiger partial charge >= 0.3 is 0 Å². The third-order valence-corrected chi connectivity index (χ3v) is 4.05. The lowest BCUT2D eigenvalue weighted by Gasteiger charge is -2.11. The van der Waals surface area contributed by atoms with Gasteiger partial charge in [-0.05, 0) is 42.3 Å². The number of rotatable bonds is 6. The molecular weight excluding hydrogens is 338 g/mol. The van der Waals surface area contributed by atoms with Crippen LogP contribution in [0.2, 0.25) is 0 Å². The van der Waals surface area contributed by atoms with Crippen LogP contribution in [0, 0.1) is 0 Å². The van der Waals surface area contributed by atoms with Crippen LogP contribution < -0.4 is 15.5 Å². The fourth-order valence-electron chi connectivity index (χ4n) is 2.72. The van der Waals surface area contributed by atoms with Crippen LogP contribution in [0.3, 0.4) is 0 Å². The maximum Gasteiger partial charge on any atom is 0.238 e. The Labute approximate surface area is 148 Å². The molecule has 0 aliphatic heterocycles. The van der Waals surface area contributed by atoms with E-state index in [1.807, 2.05) is 0 Å². The first-order chi connectivity index (χ1) is 12.6. The number of hydrogen-bond acceptors (Lipinski definition) is 6. The summed E-state index contributed by atoms with van der Waals surface area (Å²) in [5.74, 6) is -0.242. The molecule has 7 nitrogen and oxygen atoms in total. The quantitative estimate of drug-likeness (QED) is 0.462. The first-order valence-corrected chi connectivity index (χ1v) is 7.89. The average molecular weight is 355 g/mol. The van der Waals surface area contributed by atoms with Crippen molar-refractivity contribution in [1.82, 2.24) is 5.32 Å². The minimum Gasteiger partial charge on any atom is -0.507 e. The first kappa shape index (κ1) is 17.3. The molecule has 7 heteroatoms. The van der Waals surface area contributed by atoms with Crippen molar-refractivity contribution in [3.63, 3.8) is 0 Å². The largest absolute Gasteiger partial charge is 0.507 e. The standard InChI is InChI=1S/C19H17NO6/c1-25-13-5-2-11(3-6-13)19-17(24)16(23)15-14(22)7-4-12(18(15)26-19)8-9-20-10-21/h2-7,10,22,24H,8-9H2,1H3,(H,20,21). The van der Waals surface area contributed by atoms with Gasteiger partial charge in [0.05, 0.1) is 7.11 Å². The number of benzene rings is 2. The second-order valence-corrected chi connectivity index (χ2v) is 5.61. The molecule has 2 aromatic carbocycles. The Morgan fingerprint density at radius 2 is 1.88 bits per heavy atom. The second-order valence-electron chi connectivity index (χ2n) is 5.61. The number of aromatic hydroxyl groups is 2. The summed E-state index contributed by atoms with van der Waals surface area (Å²) in [6.07, 6.45) is 0.971. The van der Waals surface area contributed by atoms with E-state index >= 15 is 0 Å². The van der Waals surface area contributed by atoms with Gasteiger partial charge in [-0.3, -0.25) is 9.59 Å². The van der Waals surface area contributed by atoms with Crippen molar-refractivity contribution >= 4 is 17.4 Å². The van der Waals surface area contributed by atoms with Crippen molar-refractivity contribution < 1.29 is 24.2 Å². The molecule has 0 unspecified atom stereocenters. The van der Waals surface area contributed by atoms with E-state index in [-0.39, 0.29) is 22.5 Å². The molecule has 3 N–H and O–H groups in total. The molecule has 3 rings (SSSR count).